The fourth-order valence-electron chi connectivity index (χ4n) is 3.58. The third-order valence-corrected chi connectivity index (χ3v) is 5.75. The van der Waals surface area contributed by atoms with Crippen molar-refractivity contribution < 1.29 is 9.21 Å². The van der Waals surface area contributed by atoms with Crippen LogP contribution >= 0.6 is 0 Å². The molecule has 1 aromatic heterocycles. The summed E-state index contributed by atoms with van der Waals surface area (Å²) in [6, 6.07) is 12.5. The fraction of sp³-hybridized carbons (Fsp3) is 0.500. The lowest BCUT2D eigenvalue weighted by Gasteiger charge is -2.36. The van der Waals surface area contributed by atoms with Gasteiger partial charge in [0.05, 0.1) is 12.8 Å². The second kappa shape index (κ2) is 11.0. The maximum Gasteiger partial charge on any atom is 0.289 e. The number of nitrogens with zero attached hydrogens (tertiary/aromatic N) is 4. The van der Waals surface area contributed by atoms with Gasteiger partial charge >= 0.3 is 0 Å². The van der Waals surface area contributed by atoms with Crippen molar-refractivity contribution in [1.82, 2.24) is 20.0 Å². The summed E-state index contributed by atoms with van der Waals surface area (Å²) in [6.07, 6.45) is 1.54. The lowest BCUT2D eigenvalue weighted by atomic mass is 10.1. The molecule has 7 nitrogen and oxygen atoms in total. The second-order valence-corrected chi connectivity index (χ2v) is 8.20. The molecule has 1 N–H and O–H groups in total. The number of hydrogen-bond acceptors (Lipinski definition) is 4. The van der Waals surface area contributed by atoms with Crippen molar-refractivity contribution in [1.29, 1.82) is 0 Å². The van der Waals surface area contributed by atoms with E-state index in [4.69, 9.17) is 9.41 Å². The normalized spacial score (nSPS) is 15.1. The topological polar surface area (TPSA) is 64.3 Å². The Morgan fingerprint density at radius 2 is 1.77 bits per heavy atom. The molecule has 0 bridgehead atoms. The molecule has 0 unspecified atom stereocenters. The number of amides is 1. The van der Waals surface area contributed by atoms with Crippen LogP contribution in [0.3, 0.4) is 0 Å². The van der Waals surface area contributed by atoms with Crippen molar-refractivity contribution in [3.05, 3.63) is 59.5 Å². The standard InChI is InChI=1S/C24H35N5O2/c1-5-25-24(26-17-20-9-6-7-10-21(20)18-27(4)19(2)3)29-14-12-28(13-15-29)23(30)22-11-8-16-31-22/h6-11,16,19H,5,12-15,17-18H2,1-4H3,(H,25,26). The molecule has 1 fully saturated rings. The third kappa shape index (κ3) is 6.10. The lowest BCUT2D eigenvalue weighted by molar-refractivity contribution is 0.0657. The van der Waals surface area contributed by atoms with Gasteiger partial charge in [-0.1, -0.05) is 24.3 Å². The van der Waals surface area contributed by atoms with E-state index in [1.54, 1.807) is 12.1 Å². The summed E-state index contributed by atoms with van der Waals surface area (Å²) in [5.41, 5.74) is 2.56. The number of nitrogens with one attached hydrogen (secondary N) is 1. The molecule has 0 aliphatic carbocycles. The van der Waals surface area contributed by atoms with Crippen molar-refractivity contribution >= 4 is 11.9 Å². The van der Waals surface area contributed by atoms with Gasteiger partial charge in [0.15, 0.2) is 11.7 Å². The van der Waals surface area contributed by atoms with Gasteiger partial charge in [0.1, 0.15) is 0 Å². The summed E-state index contributed by atoms with van der Waals surface area (Å²) in [7, 11) is 2.15. The van der Waals surface area contributed by atoms with E-state index >= 15 is 0 Å². The first-order valence-corrected chi connectivity index (χ1v) is 11.1. The van der Waals surface area contributed by atoms with E-state index in [-0.39, 0.29) is 5.91 Å². The van der Waals surface area contributed by atoms with E-state index in [9.17, 15) is 4.79 Å². The quantitative estimate of drug-likeness (QED) is 0.546. The molecule has 168 valence electrons. The van der Waals surface area contributed by atoms with E-state index in [2.05, 4.69) is 67.2 Å². The van der Waals surface area contributed by atoms with E-state index < -0.39 is 0 Å². The maximum absolute atomic E-state index is 12.5. The van der Waals surface area contributed by atoms with Crippen molar-refractivity contribution in [2.45, 2.75) is 39.9 Å². The molecule has 1 aromatic carbocycles. The van der Waals surface area contributed by atoms with Gasteiger partial charge < -0.3 is 19.5 Å². The van der Waals surface area contributed by atoms with E-state index in [0.717, 1.165) is 32.1 Å². The Bertz CT molecular complexity index is 855. The summed E-state index contributed by atoms with van der Waals surface area (Å²) in [4.78, 5) is 23.9. The zero-order chi connectivity index (χ0) is 22.2. The SMILES string of the molecule is CCNC(=NCc1ccccc1CN(C)C(C)C)N1CCN(C(=O)c2ccco2)CC1. The number of guanidine groups is 1. The first-order valence-electron chi connectivity index (χ1n) is 11.1. The highest BCUT2D eigenvalue weighted by Gasteiger charge is 2.25. The monoisotopic (exact) mass is 425 g/mol. The zero-order valence-corrected chi connectivity index (χ0v) is 19.2. The molecule has 2 aromatic rings. The number of piperazine rings is 1. The smallest absolute Gasteiger partial charge is 0.289 e. The van der Waals surface area contributed by atoms with Gasteiger partial charge in [-0.2, -0.15) is 0 Å². The number of carbonyl (C=O) groups excluding carboxylic acids is 1. The van der Waals surface area contributed by atoms with Gasteiger partial charge in [-0.3, -0.25) is 9.69 Å². The highest BCUT2D eigenvalue weighted by molar-refractivity contribution is 5.91. The first kappa shape index (κ1) is 22.9. The van der Waals surface area contributed by atoms with Crippen LogP contribution in [0, 0.1) is 0 Å². The Hall–Kier alpha value is -2.80. The summed E-state index contributed by atoms with van der Waals surface area (Å²) >= 11 is 0. The Morgan fingerprint density at radius 3 is 2.39 bits per heavy atom. The Morgan fingerprint density at radius 1 is 1.10 bits per heavy atom. The average molecular weight is 426 g/mol. The van der Waals surface area contributed by atoms with Crippen LogP contribution in [0.1, 0.15) is 42.5 Å². The molecule has 1 saturated heterocycles. The summed E-state index contributed by atoms with van der Waals surface area (Å²) in [5.74, 6) is 1.26. The molecule has 0 spiro atoms. The maximum atomic E-state index is 12.5. The van der Waals surface area contributed by atoms with Crippen molar-refractivity contribution in [3.8, 4) is 0 Å². The van der Waals surface area contributed by atoms with Crippen LogP contribution in [-0.2, 0) is 13.1 Å². The molecule has 31 heavy (non-hydrogen) atoms. The van der Waals surface area contributed by atoms with Crippen LogP contribution in [0.2, 0.25) is 0 Å². The number of rotatable bonds is 7. The molecule has 1 amide bonds. The fourth-order valence-corrected chi connectivity index (χ4v) is 3.58. The van der Waals surface area contributed by atoms with E-state index in [1.165, 1.54) is 17.4 Å². The Balaban J connectivity index is 1.64. The first-order chi connectivity index (χ1) is 15.0. The molecular weight excluding hydrogens is 390 g/mol. The Labute approximate surface area is 185 Å². The van der Waals surface area contributed by atoms with Crippen LogP contribution in [-0.4, -0.2) is 72.4 Å². The van der Waals surface area contributed by atoms with E-state index in [0.29, 0.717) is 31.4 Å². The molecule has 2 heterocycles. The third-order valence-electron chi connectivity index (χ3n) is 5.75. The van der Waals surface area contributed by atoms with Crippen molar-refractivity contribution in [2.24, 2.45) is 4.99 Å². The van der Waals surface area contributed by atoms with Gasteiger partial charge in [-0.25, -0.2) is 4.99 Å². The van der Waals surface area contributed by atoms with Crippen LogP contribution in [0.4, 0.5) is 0 Å². The van der Waals surface area contributed by atoms with Crippen LogP contribution in [0.15, 0.2) is 52.1 Å². The summed E-state index contributed by atoms with van der Waals surface area (Å²) in [5, 5.41) is 3.42. The van der Waals surface area contributed by atoms with E-state index in [1.807, 2.05) is 4.90 Å². The van der Waals surface area contributed by atoms with Gasteiger partial charge in [0.25, 0.3) is 5.91 Å². The molecule has 0 radical (unpaired) electrons. The predicted molar refractivity (Wildman–Crippen MR) is 124 cm³/mol. The minimum atomic E-state index is -0.0465. The molecule has 0 saturated carbocycles. The van der Waals surface area contributed by atoms with Crippen LogP contribution in [0.5, 0.6) is 0 Å². The summed E-state index contributed by atoms with van der Waals surface area (Å²) < 4.78 is 5.26. The van der Waals surface area contributed by atoms with Crippen LogP contribution < -0.4 is 5.32 Å². The molecular formula is C24H35N5O2. The zero-order valence-electron chi connectivity index (χ0n) is 19.2. The molecule has 1 aliphatic heterocycles. The van der Waals surface area contributed by atoms with Gasteiger partial charge in [0.2, 0.25) is 0 Å². The van der Waals surface area contributed by atoms with Crippen molar-refractivity contribution in [3.63, 3.8) is 0 Å². The second-order valence-electron chi connectivity index (χ2n) is 8.20. The minimum Gasteiger partial charge on any atom is -0.459 e. The van der Waals surface area contributed by atoms with Crippen molar-refractivity contribution in [2.75, 3.05) is 39.8 Å². The predicted octanol–water partition coefficient (Wildman–Crippen LogP) is 3.04. The van der Waals surface area contributed by atoms with Crippen LogP contribution in [0.25, 0.3) is 0 Å². The molecule has 0 atom stereocenters. The number of hydrogen-bond donors (Lipinski definition) is 1. The van der Waals surface area contributed by atoms with Gasteiger partial charge in [-0.15, -0.1) is 0 Å². The molecule has 3 rings (SSSR count). The minimum absolute atomic E-state index is 0.0465. The summed E-state index contributed by atoms with van der Waals surface area (Å²) in [6.45, 7) is 11.6. The molecule has 1 aliphatic rings. The lowest BCUT2D eigenvalue weighted by Crippen LogP contribution is -2.53. The average Bonchev–Trinajstić information content (AvgIpc) is 3.32. The number of furan rings is 1. The highest BCUT2D eigenvalue weighted by atomic mass is 16.3. The van der Waals surface area contributed by atoms with Gasteiger partial charge in [-0.05, 0) is 51.1 Å². The number of aliphatic imine (C=N–C) groups is 1. The largest absolute Gasteiger partial charge is 0.459 e. The highest BCUT2D eigenvalue weighted by Crippen LogP contribution is 2.15. The Kier molecular flexibility index (Phi) is 8.12. The number of carbonyl (C=O) groups is 1. The number of benzene rings is 1. The molecule has 7 heteroatoms. The van der Waals surface area contributed by atoms with Gasteiger partial charge in [0, 0.05) is 45.3 Å².